The topological polar surface area (TPSA) is 104 Å². The maximum Gasteiger partial charge on any atom is 0.329 e. The van der Waals surface area contributed by atoms with Gasteiger partial charge < -0.3 is 15.2 Å². The van der Waals surface area contributed by atoms with Crippen LogP contribution in [0.1, 0.15) is 0 Å². The van der Waals surface area contributed by atoms with E-state index in [1.54, 1.807) is 0 Å². The minimum absolute atomic E-state index is 0.294. The molecule has 7 heteroatoms. The zero-order chi connectivity index (χ0) is 10.4. The van der Waals surface area contributed by atoms with Crippen LogP contribution in [-0.2, 0) is 14.3 Å². The molecule has 0 saturated carbocycles. The molecule has 0 unspecified atom stereocenters. The molecule has 0 aliphatic heterocycles. The number of H-pyrrole nitrogens is 1. The van der Waals surface area contributed by atoms with Crippen LogP contribution in [0.3, 0.4) is 0 Å². The van der Waals surface area contributed by atoms with E-state index in [0.717, 1.165) is 0 Å². The molecule has 0 fully saturated rings. The Bertz CT molecular complexity index is 309. The van der Waals surface area contributed by atoms with E-state index in [-0.39, 0.29) is 6.61 Å². The first kappa shape index (κ1) is 10.2. The van der Waals surface area contributed by atoms with Gasteiger partial charge >= 0.3 is 5.97 Å². The number of nitrogens with one attached hydrogen (secondary N) is 2. The Morgan fingerprint density at radius 3 is 2.93 bits per heavy atom. The zero-order valence-electron chi connectivity index (χ0n) is 7.19. The Balaban J connectivity index is 2.20. The molecule has 1 rings (SSSR count). The minimum atomic E-state index is -1.11. The maximum atomic E-state index is 11.0. The molecule has 0 spiro atoms. The zero-order valence-corrected chi connectivity index (χ0v) is 7.19. The van der Waals surface area contributed by atoms with Gasteiger partial charge in [-0.05, 0) is 0 Å². The first-order valence-corrected chi connectivity index (χ1v) is 3.76. The van der Waals surface area contributed by atoms with E-state index in [1.165, 1.54) is 12.4 Å². The van der Waals surface area contributed by atoms with Crippen molar-refractivity contribution in [1.29, 1.82) is 0 Å². The van der Waals surface area contributed by atoms with Gasteiger partial charge in [0.05, 0.1) is 11.9 Å². The van der Waals surface area contributed by atoms with Crippen molar-refractivity contribution in [3.63, 3.8) is 0 Å². The second-order valence-corrected chi connectivity index (χ2v) is 2.42. The number of hydrogen-bond acceptors (Lipinski definition) is 4. The van der Waals surface area contributed by atoms with Gasteiger partial charge in [0.15, 0.2) is 0 Å². The molecule has 3 N–H and O–H groups in total. The van der Waals surface area contributed by atoms with Crippen molar-refractivity contribution in [2.24, 2.45) is 0 Å². The maximum absolute atomic E-state index is 11.0. The number of ether oxygens (including phenoxy) is 1. The number of carbonyl (C=O) groups excluding carboxylic acids is 1. The summed E-state index contributed by atoms with van der Waals surface area (Å²) in [6, 6.07) is 0. The Morgan fingerprint density at radius 1 is 1.57 bits per heavy atom. The fraction of sp³-hybridized carbons (Fsp3) is 0.286. The molecule has 0 radical (unpaired) electrons. The lowest BCUT2D eigenvalue weighted by molar-refractivity contribution is -0.143. The molecule has 76 valence electrons. The summed E-state index contributed by atoms with van der Waals surface area (Å²) in [7, 11) is 0. The number of aromatic nitrogens is 2. The third kappa shape index (κ3) is 3.68. The summed E-state index contributed by atoms with van der Waals surface area (Å²) in [6.45, 7) is -0.781. The number of hydrogen-bond donors (Lipinski definition) is 3. The molecular formula is C7H9N3O4. The van der Waals surface area contributed by atoms with Crippen LogP contribution in [0.15, 0.2) is 12.4 Å². The smallest absolute Gasteiger partial charge is 0.329 e. The number of anilines is 1. The lowest BCUT2D eigenvalue weighted by atomic mass is 10.5. The molecule has 1 amide bonds. The van der Waals surface area contributed by atoms with Gasteiger partial charge in [0.1, 0.15) is 13.2 Å². The number of aromatic amines is 1. The molecule has 1 aromatic heterocycles. The molecule has 1 aromatic rings. The monoisotopic (exact) mass is 199 g/mol. The largest absolute Gasteiger partial charge is 0.480 e. The average molecular weight is 199 g/mol. The first-order valence-electron chi connectivity index (χ1n) is 3.76. The highest BCUT2D eigenvalue weighted by Crippen LogP contribution is 1.99. The quantitative estimate of drug-likeness (QED) is 0.590. The van der Waals surface area contributed by atoms with E-state index in [4.69, 9.17) is 5.11 Å². The number of amides is 1. The number of nitrogens with zero attached hydrogens (tertiary/aromatic N) is 1. The van der Waals surface area contributed by atoms with Crippen molar-refractivity contribution >= 4 is 17.6 Å². The van der Waals surface area contributed by atoms with Crippen molar-refractivity contribution in [2.45, 2.75) is 0 Å². The second kappa shape index (κ2) is 4.97. The fourth-order valence-electron chi connectivity index (χ4n) is 0.747. The van der Waals surface area contributed by atoms with Gasteiger partial charge in [-0.1, -0.05) is 0 Å². The summed E-state index contributed by atoms with van der Waals surface area (Å²) in [5.41, 5.74) is 0.508. The summed E-state index contributed by atoms with van der Waals surface area (Å²) in [6.07, 6.45) is 2.92. The highest BCUT2D eigenvalue weighted by molar-refractivity contribution is 5.91. The van der Waals surface area contributed by atoms with Crippen LogP contribution < -0.4 is 5.32 Å². The lowest BCUT2D eigenvalue weighted by Gasteiger charge is -2.01. The summed E-state index contributed by atoms with van der Waals surface area (Å²) in [5, 5.41) is 16.8. The highest BCUT2D eigenvalue weighted by atomic mass is 16.5. The summed E-state index contributed by atoms with van der Waals surface area (Å²) in [5.74, 6) is -1.53. The Labute approximate surface area is 79.1 Å². The number of carbonyl (C=O) groups is 2. The summed E-state index contributed by atoms with van der Waals surface area (Å²) < 4.78 is 4.56. The Morgan fingerprint density at radius 2 is 2.36 bits per heavy atom. The van der Waals surface area contributed by atoms with Gasteiger partial charge in [-0.2, -0.15) is 5.10 Å². The fourth-order valence-corrected chi connectivity index (χ4v) is 0.747. The van der Waals surface area contributed by atoms with Crippen molar-refractivity contribution in [3.8, 4) is 0 Å². The van der Waals surface area contributed by atoms with E-state index in [1.807, 2.05) is 0 Å². The van der Waals surface area contributed by atoms with Crippen LogP contribution in [-0.4, -0.2) is 40.4 Å². The van der Waals surface area contributed by atoms with Crippen molar-refractivity contribution in [3.05, 3.63) is 12.4 Å². The Hall–Kier alpha value is -1.89. The van der Waals surface area contributed by atoms with Gasteiger partial charge in [0, 0.05) is 6.20 Å². The van der Waals surface area contributed by atoms with Crippen LogP contribution in [0.5, 0.6) is 0 Å². The molecule has 7 nitrogen and oxygen atoms in total. The average Bonchev–Trinajstić information content (AvgIpc) is 2.56. The molecule has 0 saturated heterocycles. The Kier molecular flexibility index (Phi) is 3.62. The third-order valence-electron chi connectivity index (χ3n) is 1.24. The lowest BCUT2D eigenvalue weighted by Crippen LogP contribution is -2.20. The molecule has 14 heavy (non-hydrogen) atoms. The van der Waals surface area contributed by atoms with Crippen LogP contribution in [0.4, 0.5) is 5.69 Å². The van der Waals surface area contributed by atoms with E-state index in [2.05, 4.69) is 20.3 Å². The first-order chi connectivity index (χ1) is 6.68. The van der Waals surface area contributed by atoms with Crippen LogP contribution in [0.2, 0.25) is 0 Å². The van der Waals surface area contributed by atoms with Gasteiger partial charge in [-0.25, -0.2) is 4.79 Å². The molecular weight excluding hydrogens is 190 g/mol. The van der Waals surface area contributed by atoms with Crippen molar-refractivity contribution in [1.82, 2.24) is 10.2 Å². The predicted octanol–water partition coefficient (Wildman–Crippen LogP) is -0.551. The third-order valence-corrected chi connectivity index (χ3v) is 1.24. The van der Waals surface area contributed by atoms with Crippen molar-refractivity contribution in [2.75, 3.05) is 18.5 Å². The number of carboxylic acid groups (broad SMARTS) is 1. The molecule has 0 aliphatic rings. The van der Waals surface area contributed by atoms with Crippen LogP contribution in [0, 0.1) is 0 Å². The molecule has 0 aromatic carbocycles. The number of aliphatic carboxylic acids is 1. The van der Waals surface area contributed by atoms with E-state index >= 15 is 0 Å². The minimum Gasteiger partial charge on any atom is -0.480 e. The van der Waals surface area contributed by atoms with Gasteiger partial charge in [-0.15, -0.1) is 0 Å². The second-order valence-electron chi connectivity index (χ2n) is 2.42. The van der Waals surface area contributed by atoms with Gasteiger partial charge in [-0.3, -0.25) is 9.89 Å². The van der Waals surface area contributed by atoms with Crippen LogP contribution >= 0.6 is 0 Å². The van der Waals surface area contributed by atoms with E-state index < -0.39 is 18.5 Å². The normalized spacial score (nSPS) is 9.71. The van der Waals surface area contributed by atoms with Gasteiger partial charge in [0.2, 0.25) is 5.91 Å². The van der Waals surface area contributed by atoms with E-state index in [0.29, 0.717) is 5.69 Å². The summed E-state index contributed by atoms with van der Waals surface area (Å²) in [4.78, 5) is 21.0. The summed E-state index contributed by atoms with van der Waals surface area (Å²) >= 11 is 0. The molecule has 0 atom stereocenters. The SMILES string of the molecule is O=C(O)COCC(=O)Nc1cn[nH]c1. The molecule has 1 heterocycles. The predicted molar refractivity (Wildman–Crippen MR) is 45.7 cm³/mol. The van der Waals surface area contributed by atoms with E-state index in [9.17, 15) is 9.59 Å². The standard InChI is InChI=1S/C7H9N3O4/c11-6(3-14-4-7(12)13)10-5-1-8-9-2-5/h1-2H,3-4H2,(H,8,9)(H,10,11)(H,12,13). The number of carboxylic acids is 1. The van der Waals surface area contributed by atoms with Gasteiger partial charge in [0.25, 0.3) is 0 Å². The highest BCUT2D eigenvalue weighted by Gasteiger charge is 2.04. The molecule has 0 bridgehead atoms. The molecule has 0 aliphatic carbocycles. The van der Waals surface area contributed by atoms with Crippen LogP contribution in [0.25, 0.3) is 0 Å². The number of rotatable bonds is 5. The van der Waals surface area contributed by atoms with Crippen molar-refractivity contribution < 1.29 is 19.4 Å².